The first-order valence-electron chi connectivity index (χ1n) is 7.91. The minimum Gasteiger partial charge on any atom is -0.319 e. The Morgan fingerprint density at radius 3 is 2.28 bits per heavy atom. The average molecular weight is 256 g/mol. The van der Waals surface area contributed by atoms with E-state index in [1.165, 1.54) is 45.2 Å². The number of unbranched alkanes of at least 4 members (excludes halogenated alkanes) is 1. The Balaban J connectivity index is 4.56. The van der Waals surface area contributed by atoms with Crippen LogP contribution >= 0.6 is 0 Å². The van der Waals surface area contributed by atoms with Crippen LogP contribution in [0.15, 0.2) is 0 Å². The van der Waals surface area contributed by atoms with Crippen LogP contribution in [0.2, 0.25) is 0 Å². The summed E-state index contributed by atoms with van der Waals surface area (Å²) in [6.07, 6.45) is 6.47. The van der Waals surface area contributed by atoms with Crippen LogP contribution in [0.1, 0.15) is 66.7 Å². The van der Waals surface area contributed by atoms with Gasteiger partial charge in [-0.25, -0.2) is 0 Å². The van der Waals surface area contributed by atoms with Crippen LogP contribution in [0.4, 0.5) is 0 Å². The van der Waals surface area contributed by atoms with Gasteiger partial charge >= 0.3 is 0 Å². The van der Waals surface area contributed by atoms with Gasteiger partial charge in [0.05, 0.1) is 0 Å². The minimum absolute atomic E-state index is 0.417. The molecule has 0 aliphatic rings. The monoisotopic (exact) mass is 256 g/mol. The molecule has 18 heavy (non-hydrogen) atoms. The Kier molecular flexibility index (Phi) is 9.76. The highest BCUT2D eigenvalue weighted by Gasteiger charge is 2.27. The molecule has 0 aromatic carbocycles. The Morgan fingerprint density at radius 1 is 1.17 bits per heavy atom. The predicted octanol–water partition coefficient (Wildman–Crippen LogP) is 3.91. The molecule has 0 rings (SSSR count). The van der Waals surface area contributed by atoms with Gasteiger partial charge in [0.25, 0.3) is 0 Å². The second kappa shape index (κ2) is 9.80. The van der Waals surface area contributed by atoms with Gasteiger partial charge in [0.2, 0.25) is 0 Å². The lowest BCUT2D eigenvalue weighted by Crippen LogP contribution is -2.45. The summed E-state index contributed by atoms with van der Waals surface area (Å²) in [5.74, 6) is 0. The molecule has 0 aromatic heterocycles. The summed E-state index contributed by atoms with van der Waals surface area (Å²) in [5.41, 5.74) is 0.417. The zero-order valence-corrected chi connectivity index (χ0v) is 13.7. The third-order valence-corrected chi connectivity index (χ3v) is 4.05. The normalized spacial score (nSPS) is 16.8. The highest BCUT2D eigenvalue weighted by molar-refractivity contribution is 4.82. The van der Waals surface area contributed by atoms with Crippen molar-refractivity contribution in [1.29, 1.82) is 0 Å². The van der Waals surface area contributed by atoms with Crippen molar-refractivity contribution in [2.45, 2.75) is 72.8 Å². The van der Waals surface area contributed by atoms with Crippen LogP contribution in [-0.4, -0.2) is 37.6 Å². The molecule has 0 spiro atoms. The van der Waals surface area contributed by atoms with Crippen molar-refractivity contribution in [3.05, 3.63) is 0 Å². The van der Waals surface area contributed by atoms with Crippen molar-refractivity contribution in [3.8, 4) is 0 Å². The first kappa shape index (κ1) is 17.9. The summed E-state index contributed by atoms with van der Waals surface area (Å²) in [6, 6.07) is 0.713. The second-order valence-electron chi connectivity index (χ2n) is 6.17. The number of nitrogens with zero attached hydrogens (tertiary/aromatic N) is 1. The largest absolute Gasteiger partial charge is 0.319 e. The van der Waals surface area contributed by atoms with Crippen molar-refractivity contribution in [2.24, 2.45) is 5.41 Å². The predicted molar refractivity (Wildman–Crippen MR) is 83.2 cm³/mol. The third-order valence-electron chi connectivity index (χ3n) is 4.05. The van der Waals surface area contributed by atoms with Crippen LogP contribution in [-0.2, 0) is 0 Å². The maximum Gasteiger partial charge on any atom is 0.00645 e. The van der Waals surface area contributed by atoms with Crippen molar-refractivity contribution in [1.82, 2.24) is 10.2 Å². The maximum absolute atomic E-state index is 3.38. The average Bonchev–Trinajstić information content (AvgIpc) is 2.34. The van der Waals surface area contributed by atoms with Crippen molar-refractivity contribution in [3.63, 3.8) is 0 Å². The quantitative estimate of drug-likeness (QED) is 0.603. The summed E-state index contributed by atoms with van der Waals surface area (Å²) in [4.78, 5) is 2.70. The summed E-state index contributed by atoms with van der Waals surface area (Å²) in [7, 11) is 2.08. The lowest BCUT2D eigenvalue weighted by atomic mass is 9.84. The fraction of sp³-hybridized carbons (Fsp3) is 1.00. The van der Waals surface area contributed by atoms with E-state index in [1.54, 1.807) is 0 Å². The molecule has 0 saturated heterocycles. The van der Waals surface area contributed by atoms with Crippen molar-refractivity contribution in [2.75, 3.05) is 26.7 Å². The Bertz CT molecular complexity index is 186. The van der Waals surface area contributed by atoms with Gasteiger partial charge in [0.15, 0.2) is 0 Å². The molecule has 2 nitrogen and oxygen atoms in total. The summed E-state index contributed by atoms with van der Waals surface area (Å²) in [6.45, 7) is 15.3. The molecular weight excluding hydrogens is 220 g/mol. The van der Waals surface area contributed by atoms with E-state index >= 15 is 0 Å². The third kappa shape index (κ3) is 6.75. The minimum atomic E-state index is 0.417. The molecule has 0 saturated carbocycles. The first-order chi connectivity index (χ1) is 8.52. The van der Waals surface area contributed by atoms with E-state index < -0.39 is 0 Å². The molecule has 0 aliphatic heterocycles. The van der Waals surface area contributed by atoms with Gasteiger partial charge in [-0.15, -0.1) is 0 Å². The highest BCUT2D eigenvalue weighted by atomic mass is 15.2. The van der Waals surface area contributed by atoms with E-state index in [0.29, 0.717) is 11.5 Å². The number of hydrogen-bond acceptors (Lipinski definition) is 2. The molecule has 2 heteroatoms. The lowest BCUT2D eigenvalue weighted by molar-refractivity contribution is 0.113. The van der Waals surface area contributed by atoms with Crippen LogP contribution in [0.5, 0.6) is 0 Å². The van der Waals surface area contributed by atoms with Crippen LogP contribution in [0.3, 0.4) is 0 Å². The standard InChI is InChI=1S/C16H36N2/c1-7-10-12-18(15(4)9-3)14-16(5,11-8-2)13-17-6/h15,17H,7-14H2,1-6H3. The zero-order chi connectivity index (χ0) is 14.0. The zero-order valence-electron chi connectivity index (χ0n) is 13.7. The Morgan fingerprint density at radius 2 is 1.83 bits per heavy atom. The Hall–Kier alpha value is -0.0800. The van der Waals surface area contributed by atoms with E-state index in [2.05, 4.69) is 51.9 Å². The van der Waals surface area contributed by atoms with Gasteiger partial charge in [0.1, 0.15) is 0 Å². The topological polar surface area (TPSA) is 15.3 Å². The highest BCUT2D eigenvalue weighted by Crippen LogP contribution is 2.25. The van der Waals surface area contributed by atoms with Crippen LogP contribution in [0, 0.1) is 5.41 Å². The van der Waals surface area contributed by atoms with Crippen LogP contribution in [0.25, 0.3) is 0 Å². The molecule has 0 heterocycles. The smallest absolute Gasteiger partial charge is 0.00645 e. The Labute approximate surface area is 116 Å². The second-order valence-corrected chi connectivity index (χ2v) is 6.17. The molecule has 0 aliphatic carbocycles. The molecule has 0 fully saturated rings. The summed E-state index contributed by atoms with van der Waals surface area (Å²) < 4.78 is 0. The summed E-state index contributed by atoms with van der Waals surface area (Å²) in [5, 5.41) is 3.38. The van der Waals surface area contributed by atoms with E-state index in [9.17, 15) is 0 Å². The van der Waals surface area contributed by atoms with Crippen molar-refractivity contribution >= 4 is 0 Å². The molecule has 0 amide bonds. The molecule has 1 N–H and O–H groups in total. The number of nitrogens with one attached hydrogen (secondary N) is 1. The van der Waals surface area contributed by atoms with E-state index in [1.807, 2.05) is 0 Å². The lowest BCUT2D eigenvalue weighted by Gasteiger charge is -2.38. The molecule has 110 valence electrons. The van der Waals surface area contributed by atoms with E-state index in [-0.39, 0.29) is 0 Å². The molecule has 0 aromatic rings. The SMILES string of the molecule is CCCCN(CC(C)(CCC)CNC)C(C)CC. The fourth-order valence-corrected chi connectivity index (χ4v) is 2.82. The van der Waals surface area contributed by atoms with Gasteiger partial charge in [0, 0.05) is 19.1 Å². The number of rotatable bonds is 11. The fourth-order valence-electron chi connectivity index (χ4n) is 2.82. The van der Waals surface area contributed by atoms with Gasteiger partial charge in [-0.2, -0.15) is 0 Å². The van der Waals surface area contributed by atoms with Crippen LogP contribution < -0.4 is 5.32 Å². The van der Waals surface area contributed by atoms with Gasteiger partial charge in [-0.05, 0) is 45.2 Å². The maximum atomic E-state index is 3.38. The summed E-state index contributed by atoms with van der Waals surface area (Å²) >= 11 is 0. The first-order valence-corrected chi connectivity index (χ1v) is 7.91. The van der Waals surface area contributed by atoms with Crippen molar-refractivity contribution < 1.29 is 0 Å². The van der Waals surface area contributed by atoms with Gasteiger partial charge in [-0.3, -0.25) is 0 Å². The molecule has 2 unspecified atom stereocenters. The van der Waals surface area contributed by atoms with Gasteiger partial charge < -0.3 is 10.2 Å². The van der Waals surface area contributed by atoms with E-state index in [4.69, 9.17) is 0 Å². The van der Waals surface area contributed by atoms with Gasteiger partial charge in [-0.1, -0.05) is 40.5 Å². The van der Waals surface area contributed by atoms with E-state index in [0.717, 1.165) is 6.54 Å². The molecule has 0 bridgehead atoms. The number of hydrogen-bond donors (Lipinski definition) is 1. The molecule has 0 radical (unpaired) electrons. The molecule has 2 atom stereocenters. The molecular formula is C16H36N2.